The van der Waals surface area contributed by atoms with Gasteiger partial charge in [-0.3, -0.25) is 0 Å². The maximum Gasteiger partial charge on any atom is 0.146 e. The third-order valence-electron chi connectivity index (χ3n) is 4.34. The molecule has 1 atom stereocenters. The molecule has 0 aliphatic rings. The van der Waals surface area contributed by atoms with Gasteiger partial charge in [0.25, 0.3) is 0 Å². The molecule has 0 aromatic heterocycles. The number of halogens is 1. The van der Waals surface area contributed by atoms with Crippen molar-refractivity contribution in [2.45, 2.75) is 11.0 Å². The van der Waals surface area contributed by atoms with Crippen LogP contribution in [0.15, 0.2) is 67.2 Å². The van der Waals surface area contributed by atoms with Gasteiger partial charge in [0.15, 0.2) is 0 Å². The highest BCUT2D eigenvalue weighted by atomic mass is 127. The summed E-state index contributed by atoms with van der Waals surface area (Å²) >= 11 is 2.28. The average molecular weight is 424 g/mol. The quantitative estimate of drug-likeness (QED) is 0.197. The first kappa shape index (κ1) is 15.5. The summed E-state index contributed by atoms with van der Waals surface area (Å²) in [7, 11) is 0. The monoisotopic (exact) mass is 424 g/mol. The fourth-order valence-corrected chi connectivity index (χ4v) is 3.53. The predicted octanol–water partition coefficient (Wildman–Crippen LogP) is 6.95. The van der Waals surface area contributed by atoms with Crippen molar-refractivity contribution in [1.82, 2.24) is 0 Å². The van der Waals surface area contributed by atoms with Crippen LogP contribution in [-0.2, 0) is 0 Å². The topological polar surface area (TPSA) is 9.23 Å². The largest absolute Gasteiger partial charge is 0.480 e. The molecule has 0 aliphatic carbocycles. The Morgan fingerprint density at radius 2 is 1.50 bits per heavy atom. The maximum absolute atomic E-state index is 5.97. The normalized spacial score (nSPS) is 12.6. The molecule has 0 saturated carbocycles. The van der Waals surface area contributed by atoms with Crippen LogP contribution in [0.25, 0.3) is 38.4 Å². The Kier molecular flexibility index (Phi) is 3.93. The Bertz CT molecular complexity index is 1080. The van der Waals surface area contributed by atoms with Gasteiger partial charge in [-0.1, -0.05) is 43.0 Å². The van der Waals surface area contributed by atoms with E-state index in [9.17, 15) is 0 Å². The lowest BCUT2D eigenvalue weighted by Crippen LogP contribution is -2.01. The Labute approximate surface area is 155 Å². The second-order valence-electron chi connectivity index (χ2n) is 5.96. The molecule has 24 heavy (non-hydrogen) atoms. The molecule has 4 aromatic rings. The molecule has 4 aromatic carbocycles. The number of fused-ring (bicyclic) bond motifs is 3. The van der Waals surface area contributed by atoms with Crippen LogP contribution in [0.3, 0.4) is 0 Å². The minimum atomic E-state index is 0.135. The minimum absolute atomic E-state index is 0.135. The summed E-state index contributed by atoms with van der Waals surface area (Å²) in [5.74, 6) is 0.941. The van der Waals surface area contributed by atoms with Crippen LogP contribution in [0, 0.1) is 0 Å². The number of hydrogen-bond donors (Lipinski definition) is 0. The third kappa shape index (κ3) is 2.65. The Morgan fingerprint density at radius 3 is 2.17 bits per heavy atom. The van der Waals surface area contributed by atoms with Crippen molar-refractivity contribution in [1.29, 1.82) is 0 Å². The van der Waals surface area contributed by atoms with Crippen molar-refractivity contribution in [2.75, 3.05) is 0 Å². The van der Waals surface area contributed by atoms with Gasteiger partial charge in [0, 0.05) is 5.39 Å². The van der Waals surface area contributed by atoms with Gasteiger partial charge < -0.3 is 4.74 Å². The average Bonchev–Trinajstić information content (AvgIpc) is 2.57. The zero-order valence-corrected chi connectivity index (χ0v) is 15.6. The lowest BCUT2D eigenvalue weighted by Gasteiger charge is -2.13. The summed E-state index contributed by atoms with van der Waals surface area (Å²) in [5.41, 5.74) is 1.17. The lowest BCUT2D eigenvalue weighted by atomic mass is 9.97. The van der Waals surface area contributed by atoms with E-state index < -0.39 is 0 Å². The van der Waals surface area contributed by atoms with E-state index in [-0.39, 0.29) is 4.11 Å². The Morgan fingerprint density at radius 1 is 0.875 bits per heavy atom. The minimum Gasteiger partial charge on any atom is -0.480 e. The zero-order valence-electron chi connectivity index (χ0n) is 13.4. The summed E-state index contributed by atoms with van der Waals surface area (Å²) in [4.78, 5) is 0. The molecule has 4 rings (SSSR count). The lowest BCUT2D eigenvalue weighted by molar-refractivity contribution is 0.326. The van der Waals surface area contributed by atoms with E-state index in [2.05, 4.69) is 83.8 Å². The van der Waals surface area contributed by atoms with Crippen molar-refractivity contribution in [2.24, 2.45) is 0 Å². The van der Waals surface area contributed by atoms with Crippen molar-refractivity contribution in [3.05, 3.63) is 72.8 Å². The first-order valence-electron chi connectivity index (χ1n) is 7.98. The predicted molar refractivity (Wildman–Crippen MR) is 113 cm³/mol. The van der Waals surface area contributed by atoms with Crippen LogP contribution in [0.5, 0.6) is 5.75 Å². The van der Waals surface area contributed by atoms with Crippen LogP contribution < -0.4 is 4.74 Å². The van der Waals surface area contributed by atoms with Gasteiger partial charge in [0.2, 0.25) is 0 Å². The fourth-order valence-electron chi connectivity index (χ4n) is 3.25. The molecular formula is C22H17IO. The zero-order chi connectivity index (χ0) is 16.7. The molecule has 0 radical (unpaired) electrons. The third-order valence-corrected chi connectivity index (χ3v) is 4.59. The van der Waals surface area contributed by atoms with Crippen molar-refractivity contribution in [3.63, 3.8) is 0 Å². The SMILES string of the molecule is C=Cc1cccc2cc3cc4c(OC(C)I)cccc4cc3cc12. The van der Waals surface area contributed by atoms with Gasteiger partial charge in [-0.2, -0.15) is 0 Å². The van der Waals surface area contributed by atoms with Crippen LogP contribution in [0.1, 0.15) is 12.5 Å². The number of rotatable bonds is 3. The van der Waals surface area contributed by atoms with E-state index >= 15 is 0 Å². The molecule has 0 amide bonds. The number of ether oxygens (including phenoxy) is 1. The van der Waals surface area contributed by atoms with E-state index in [1.807, 2.05) is 19.1 Å². The molecule has 2 heteroatoms. The molecular weight excluding hydrogens is 407 g/mol. The van der Waals surface area contributed by atoms with Crippen LogP contribution in [0.4, 0.5) is 0 Å². The van der Waals surface area contributed by atoms with Gasteiger partial charge in [0.1, 0.15) is 9.86 Å². The molecule has 0 aliphatic heterocycles. The number of hydrogen-bond acceptors (Lipinski definition) is 1. The molecule has 0 saturated heterocycles. The van der Waals surface area contributed by atoms with Gasteiger partial charge >= 0.3 is 0 Å². The van der Waals surface area contributed by atoms with E-state index in [0.717, 1.165) is 11.1 Å². The summed E-state index contributed by atoms with van der Waals surface area (Å²) in [5, 5.41) is 7.31. The van der Waals surface area contributed by atoms with E-state index in [1.165, 1.54) is 32.5 Å². The van der Waals surface area contributed by atoms with Crippen LogP contribution >= 0.6 is 22.6 Å². The smallest absolute Gasteiger partial charge is 0.146 e. The van der Waals surface area contributed by atoms with Crippen molar-refractivity contribution in [3.8, 4) is 5.75 Å². The van der Waals surface area contributed by atoms with Crippen LogP contribution in [0.2, 0.25) is 0 Å². The molecule has 1 unspecified atom stereocenters. The molecule has 0 heterocycles. The second kappa shape index (κ2) is 6.10. The Balaban J connectivity index is 2.04. The van der Waals surface area contributed by atoms with Crippen molar-refractivity contribution < 1.29 is 4.74 Å². The molecule has 0 spiro atoms. The van der Waals surface area contributed by atoms with E-state index in [1.54, 1.807) is 0 Å². The maximum atomic E-state index is 5.97. The van der Waals surface area contributed by atoms with Gasteiger partial charge in [0.05, 0.1) is 0 Å². The Hall–Kier alpha value is -2.07. The highest BCUT2D eigenvalue weighted by Crippen LogP contribution is 2.33. The van der Waals surface area contributed by atoms with E-state index in [4.69, 9.17) is 4.74 Å². The fraction of sp³-hybridized carbons (Fsp3) is 0.0909. The molecule has 0 fully saturated rings. The van der Waals surface area contributed by atoms with Gasteiger partial charge in [-0.05, 0) is 92.3 Å². The molecule has 0 bridgehead atoms. The van der Waals surface area contributed by atoms with Crippen LogP contribution in [-0.4, -0.2) is 4.11 Å². The summed E-state index contributed by atoms with van der Waals surface area (Å²) in [6, 6.07) is 21.6. The highest BCUT2D eigenvalue weighted by Gasteiger charge is 2.08. The highest BCUT2D eigenvalue weighted by molar-refractivity contribution is 14.1. The summed E-state index contributed by atoms with van der Waals surface area (Å²) < 4.78 is 6.11. The summed E-state index contributed by atoms with van der Waals surface area (Å²) in [6.45, 7) is 5.98. The standard InChI is InChI=1S/C22H17IO/c1-3-15-6-4-7-16-10-19-13-21-17(11-18(19)12-20(15)16)8-5-9-22(21)24-14(2)23/h3-14H,1H2,2H3. The molecule has 0 N–H and O–H groups in total. The second-order valence-corrected chi connectivity index (χ2v) is 7.72. The van der Waals surface area contributed by atoms with Crippen molar-refractivity contribution >= 4 is 61.0 Å². The van der Waals surface area contributed by atoms with Gasteiger partial charge in [-0.25, -0.2) is 0 Å². The molecule has 1 nitrogen and oxygen atoms in total. The number of alkyl halides is 1. The molecule has 118 valence electrons. The first-order chi connectivity index (χ1) is 11.7. The van der Waals surface area contributed by atoms with Gasteiger partial charge in [-0.15, -0.1) is 0 Å². The van der Waals surface area contributed by atoms with E-state index in [0.29, 0.717) is 0 Å². The number of benzene rings is 4. The first-order valence-corrected chi connectivity index (χ1v) is 9.23. The summed E-state index contributed by atoms with van der Waals surface area (Å²) in [6.07, 6.45) is 1.92.